The van der Waals surface area contributed by atoms with Gasteiger partial charge in [-0.1, -0.05) is 6.07 Å². The molecule has 0 radical (unpaired) electrons. The van der Waals surface area contributed by atoms with Crippen molar-refractivity contribution in [1.82, 2.24) is 0 Å². The van der Waals surface area contributed by atoms with E-state index in [-0.39, 0.29) is 11.5 Å². The Labute approximate surface area is 132 Å². The van der Waals surface area contributed by atoms with Gasteiger partial charge in [-0.05, 0) is 61.9 Å². The van der Waals surface area contributed by atoms with Crippen molar-refractivity contribution in [2.75, 3.05) is 5.32 Å². The largest absolute Gasteiger partial charge is 0.478 e. The lowest BCUT2D eigenvalue weighted by atomic mass is 9.99. The Morgan fingerprint density at radius 3 is 2.68 bits per heavy atom. The first-order valence-corrected chi connectivity index (χ1v) is 8.13. The SMILES string of the molecule is Cc1ccc(C(=O)O)cc1NC(=O)c1cc2c(s1)CCCC2. The third-order valence-corrected chi connectivity index (χ3v) is 5.19. The third kappa shape index (κ3) is 2.90. The fourth-order valence-electron chi connectivity index (χ4n) is 2.68. The summed E-state index contributed by atoms with van der Waals surface area (Å²) >= 11 is 1.55. The summed E-state index contributed by atoms with van der Waals surface area (Å²) in [6.07, 6.45) is 4.48. The van der Waals surface area contributed by atoms with Gasteiger partial charge >= 0.3 is 5.97 Å². The van der Waals surface area contributed by atoms with Crippen molar-refractivity contribution in [3.63, 3.8) is 0 Å². The average Bonchev–Trinajstić information content (AvgIpc) is 2.93. The lowest BCUT2D eigenvalue weighted by Crippen LogP contribution is -2.12. The van der Waals surface area contributed by atoms with E-state index in [2.05, 4.69) is 5.32 Å². The van der Waals surface area contributed by atoms with Crippen molar-refractivity contribution in [3.8, 4) is 0 Å². The summed E-state index contributed by atoms with van der Waals surface area (Å²) in [6, 6.07) is 6.73. The van der Waals surface area contributed by atoms with Gasteiger partial charge in [0.25, 0.3) is 5.91 Å². The summed E-state index contributed by atoms with van der Waals surface area (Å²) in [7, 11) is 0. The van der Waals surface area contributed by atoms with E-state index in [9.17, 15) is 9.59 Å². The van der Waals surface area contributed by atoms with Crippen LogP contribution in [0, 0.1) is 6.92 Å². The number of aryl methyl sites for hydroxylation is 3. The number of rotatable bonds is 3. The number of hydrogen-bond acceptors (Lipinski definition) is 3. The summed E-state index contributed by atoms with van der Waals surface area (Å²) < 4.78 is 0. The Bertz CT molecular complexity index is 725. The molecular formula is C17H17NO3S. The molecule has 0 fully saturated rings. The van der Waals surface area contributed by atoms with Crippen LogP contribution in [-0.4, -0.2) is 17.0 Å². The number of carboxylic acids is 1. The van der Waals surface area contributed by atoms with Crippen molar-refractivity contribution in [2.45, 2.75) is 32.6 Å². The number of carboxylic acid groups (broad SMARTS) is 1. The van der Waals surface area contributed by atoms with Crippen LogP contribution in [0.25, 0.3) is 0 Å². The molecule has 2 N–H and O–H groups in total. The van der Waals surface area contributed by atoms with Crippen molar-refractivity contribution < 1.29 is 14.7 Å². The summed E-state index contributed by atoms with van der Waals surface area (Å²) in [5.41, 5.74) is 2.86. The van der Waals surface area contributed by atoms with E-state index in [1.807, 2.05) is 13.0 Å². The maximum Gasteiger partial charge on any atom is 0.335 e. The highest BCUT2D eigenvalue weighted by Gasteiger charge is 2.18. The quantitative estimate of drug-likeness (QED) is 0.903. The van der Waals surface area contributed by atoms with E-state index >= 15 is 0 Å². The van der Waals surface area contributed by atoms with Crippen LogP contribution in [-0.2, 0) is 12.8 Å². The maximum absolute atomic E-state index is 12.4. The summed E-state index contributed by atoms with van der Waals surface area (Å²) in [6.45, 7) is 1.85. The van der Waals surface area contributed by atoms with Gasteiger partial charge in [-0.3, -0.25) is 4.79 Å². The zero-order chi connectivity index (χ0) is 15.7. The molecule has 114 valence electrons. The molecule has 0 unspecified atom stereocenters. The second-order valence-electron chi connectivity index (χ2n) is 5.56. The number of benzene rings is 1. The molecule has 1 heterocycles. The minimum Gasteiger partial charge on any atom is -0.478 e. The van der Waals surface area contributed by atoms with E-state index < -0.39 is 5.97 Å². The number of aromatic carboxylic acids is 1. The van der Waals surface area contributed by atoms with Crippen LogP contribution in [0.3, 0.4) is 0 Å². The van der Waals surface area contributed by atoms with Crippen molar-refractivity contribution >= 4 is 28.9 Å². The first kappa shape index (κ1) is 14.8. The topological polar surface area (TPSA) is 66.4 Å². The van der Waals surface area contributed by atoms with E-state index in [0.29, 0.717) is 10.6 Å². The molecule has 1 aliphatic rings. The first-order chi connectivity index (χ1) is 10.5. The third-order valence-electron chi connectivity index (χ3n) is 3.95. The second kappa shape index (κ2) is 5.93. The van der Waals surface area contributed by atoms with Crippen LogP contribution in [0.15, 0.2) is 24.3 Å². The van der Waals surface area contributed by atoms with Crippen LogP contribution in [0.5, 0.6) is 0 Å². The Morgan fingerprint density at radius 2 is 1.95 bits per heavy atom. The lowest BCUT2D eigenvalue weighted by molar-refractivity contribution is 0.0696. The lowest BCUT2D eigenvalue weighted by Gasteiger charge is -2.08. The van der Waals surface area contributed by atoms with Gasteiger partial charge in [0.15, 0.2) is 0 Å². The molecule has 2 aromatic rings. The molecule has 1 amide bonds. The molecule has 1 aromatic carbocycles. The molecule has 0 spiro atoms. The number of amides is 1. The van der Waals surface area contributed by atoms with Crippen molar-refractivity contribution in [1.29, 1.82) is 0 Å². The highest BCUT2D eigenvalue weighted by molar-refractivity contribution is 7.14. The number of anilines is 1. The molecule has 3 rings (SSSR count). The number of nitrogens with one attached hydrogen (secondary N) is 1. The minimum absolute atomic E-state index is 0.162. The van der Waals surface area contributed by atoms with Crippen LogP contribution < -0.4 is 5.32 Å². The van der Waals surface area contributed by atoms with E-state index in [1.54, 1.807) is 17.4 Å². The van der Waals surface area contributed by atoms with Gasteiger partial charge in [-0.2, -0.15) is 0 Å². The summed E-state index contributed by atoms with van der Waals surface area (Å²) in [5, 5.41) is 11.9. The van der Waals surface area contributed by atoms with E-state index in [0.717, 1.165) is 18.4 Å². The van der Waals surface area contributed by atoms with Crippen LogP contribution >= 0.6 is 11.3 Å². The Hall–Kier alpha value is -2.14. The molecule has 0 aliphatic heterocycles. The Kier molecular flexibility index (Phi) is 3.98. The smallest absolute Gasteiger partial charge is 0.335 e. The number of hydrogen-bond donors (Lipinski definition) is 2. The minimum atomic E-state index is -0.998. The normalized spacial score (nSPS) is 13.5. The van der Waals surface area contributed by atoms with Crippen molar-refractivity contribution in [2.24, 2.45) is 0 Å². The molecule has 0 atom stereocenters. The predicted molar refractivity (Wildman–Crippen MR) is 87.1 cm³/mol. The van der Waals surface area contributed by atoms with E-state index in [4.69, 9.17) is 5.11 Å². The monoisotopic (exact) mass is 315 g/mol. The van der Waals surface area contributed by atoms with Gasteiger partial charge in [-0.15, -0.1) is 11.3 Å². The molecule has 4 nitrogen and oxygen atoms in total. The molecular weight excluding hydrogens is 298 g/mol. The summed E-state index contributed by atoms with van der Waals surface area (Å²) in [4.78, 5) is 25.5. The molecule has 0 saturated heterocycles. The van der Waals surface area contributed by atoms with Gasteiger partial charge in [-0.25, -0.2) is 4.79 Å². The fraction of sp³-hybridized carbons (Fsp3) is 0.294. The summed E-state index contributed by atoms with van der Waals surface area (Å²) in [5.74, 6) is -1.16. The number of fused-ring (bicyclic) bond motifs is 1. The predicted octanol–water partition coefficient (Wildman–Crippen LogP) is 3.89. The fourth-order valence-corrected chi connectivity index (χ4v) is 3.83. The van der Waals surface area contributed by atoms with Gasteiger partial charge in [0.2, 0.25) is 0 Å². The average molecular weight is 315 g/mol. The Balaban J connectivity index is 1.83. The number of carbonyl (C=O) groups excluding carboxylic acids is 1. The molecule has 0 bridgehead atoms. The zero-order valence-corrected chi connectivity index (χ0v) is 13.1. The molecule has 5 heteroatoms. The molecule has 0 saturated carbocycles. The van der Waals surface area contributed by atoms with Gasteiger partial charge in [0.05, 0.1) is 10.4 Å². The molecule has 22 heavy (non-hydrogen) atoms. The highest BCUT2D eigenvalue weighted by Crippen LogP contribution is 2.30. The van der Waals surface area contributed by atoms with Crippen LogP contribution in [0.1, 0.15) is 48.9 Å². The van der Waals surface area contributed by atoms with E-state index in [1.165, 1.54) is 35.4 Å². The number of carbonyl (C=O) groups is 2. The zero-order valence-electron chi connectivity index (χ0n) is 12.3. The molecule has 1 aliphatic carbocycles. The second-order valence-corrected chi connectivity index (χ2v) is 6.69. The van der Waals surface area contributed by atoms with Crippen LogP contribution in [0.4, 0.5) is 5.69 Å². The highest BCUT2D eigenvalue weighted by atomic mass is 32.1. The number of thiophene rings is 1. The van der Waals surface area contributed by atoms with Gasteiger partial charge < -0.3 is 10.4 Å². The van der Waals surface area contributed by atoms with Crippen LogP contribution in [0.2, 0.25) is 0 Å². The first-order valence-electron chi connectivity index (χ1n) is 7.31. The Morgan fingerprint density at radius 1 is 1.18 bits per heavy atom. The standard InChI is InChI=1S/C17H17NO3S/c1-10-6-7-12(17(20)21)8-13(10)18-16(19)15-9-11-4-2-3-5-14(11)22-15/h6-9H,2-5H2,1H3,(H,18,19)(H,20,21). The maximum atomic E-state index is 12.4. The van der Waals surface area contributed by atoms with Gasteiger partial charge in [0.1, 0.15) is 0 Å². The van der Waals surface area contributed by atoms with Crippen molar-refractivity contribution in [3.05, 3.63) is 50.7 Å². The van der Waals surface area contributed by atoms with Gasteiger partial charge in [0, 0.05) is 10.6 Å². The molecule has 1 aromatic heterocycles.